The first-order chi connectivity index (χ1) is 14.3. The van der Waals surface area contributed by atoms with Gasteiger partial charge in [-0.3, -0.25) is 9.59 Å². The van der Waals surface area contributed by atoms with Crippen molar-refractivity contribution in [3.05, 3.63) is 69.8 Å². The Hall–Kier alpha value is -2.75. The summed E-state index contributed by atoms with van der Waals surface area (Å²) in [5.74, 6) is -0.0372. The maximum absolute atomic E-state index is 13.4. The van der Waals surface area contributed by atoms with Gasteiger partial charge in [-0.15, -0.1) is 0 Å². The highest BCUT2D eigenvalue weighted by atomic mass is 16.2. The number of hydrazone groups is 1. The summed E-state index contributed by atoms with van der Waals surface area (Å²) in [7, 11) is 0. The Labute approximate surface area is 186 Å². The van der Waals surface area contributed by atoms with Crippen molar-refractivity contribution in [1.29, 1.82) is 0 Å². The van der Waals surface area contributed by atoms with Crippen LogP contribution in [-0.2, 0) is 9.59 Å². The van der Waals surface area contributed by atoms with Crippen molar-refractivity contribution in [3.63, 3.8) is 0 Å². The molecule has 164 valence electrons. The number of hydrogen-bond acceptors (Lipinski definition) is 3. The van der Waals surface area contributed by atoms with Gasteiger partial charge in [0.05, 0.1) is 5.57 Å². The zero-order chi connectivity index (χ0) is 23.1. The average Bonchev–Trinajstić information content (AvgIpc) is 2.97. The molecular weight excluding hydrogens is 384 g/mol. The van der Waals surface area contributed by atoms with Gasteiger partial charge in [-0.2, -0.15) is 5.10 Å². The van der Waals surface area contributed by atoms with Crippen LogP contribution in [0.4, 0.5) is 0 Å². The fourth-order valence-corrected chi connectivity index (χ4v) is 3.87. The Morgan fingerprint density at radius 1 is 0.871 bits per heavy atom. The molecule has 1 amide bonds. The van der Waals surface area contributed by atoms with Crippen molar-refractivity contribution in [3.8, 4) is 0 Å². The maximum Gasteiger partial charge on any atom is 0.276 e. The van der Waals surface area contributed by atoms with Gasteiger partial charge in [0.1, 0.15) is 5.71 Å². The van der Waals surface area contributed by atoms with Gasteiger partial charge in [0.15, 0.2) is 5.78 Å². The number of aryl methyl sites for hydroxylation is 1. The molecule has 1 heterocycles. The second-order valence-electron chi connectivity index (χ2n) is 10.5. The molecule has 4 nitrogen and oxygen atoms in total. The molecular formula is C27H34N2O2. The van der Waals surface area contributed by atoms with E-state index in [1.807, 2.05) is 91.8 Å². The number of allylic oxidation sites excluding steroid dienone is 5. The van der Waals surface area contributed by atoms with Crippen molar-refractivity contribution in [2.75, 3.05) is 6.54 Å². The molecule has 0 spiro atoms. The monoisotopic (exact) mass is 418 g/mol. The van der Waals surface area contributed by atoms with E-state index in [1.165, 1.54) is 0 Å². The fourth-order valence-electron chi connectivity index (χ4n) is 3.87. The van der Waals surface area contributed by atoms with E-state index in [2.05, 4.69) is 0 Å². The van der Waals surface area contributed by atoms with Crippen LogP contribution in [-0.4, -0.2) is 29.0 Å². The quantitative estimate of drug-likeness (QED) is 0.585. The molecule has 4 heteroatoms. The maximum atomic E-state index is 13.4. The Kier molecular flexibility index (Phi) is 5.96. The normalized spacial score (nSPS) is 17.8. The standard InChI is InChI=1S/C27H34N2O2/c1-9-14-29-25(31)22(23(28-29)18-12-10-17(2)11-13-18)19-15-20(26(3,4)5)24(30)21(16-19)27(6,7)8/h10-13,15-16H,9,14H2,1-8H3. The lowest BCUT2D eigenvalue weighted by Crippen LogP contribution is -2.29. The third-order valence-corrected chi connectivity index (χ3v) is 5.66. The highest BCUT2D eigenvalue weighted by molar-refractivity contribution is 6.32. The highest BCUT2D eigenvalue weighted by Gasteiger charge is 2.38. The molecule has 0 saturated carbocycles. The molecule has 1 aromatic rings. The van der Waals surface area contributed by atoms with E-state index >= 15 is 0 Å². The van der Waals surface area contributed by atoms with E-state index < -0.39 is 0 Å². The molecule has 1 aliphatic heterocycles. The van der Waals surface area contributed by atoms with Crippen LogP contribution in [0.25, 0.3) is 0 Å². The van der Waals surface area contributed by atoms with Gasteiger partial charge in [0, 0.05) is 23.3 Å². The predicted octanol–water partition coefficient (Wildman–Crippen LogP) is 5.78. The molecule has 0 unspecified atom stereocenters. The van der Waals surface area contributed by atoms with Gasteiger partial charge < -0.3 is 0 Å². The highest BCUT2D eigenvalue weighted by Crippen LogP contribution is 2.40. The number of amides is 1. The molecule has 31 heavy (non-hydrogen) atoms. The summed E-state index contributed by atoms with van der Waals surface area (Å²) in [5.41, 5.74) is 4.89. The van der Waals surface area contributed by atoms with Gasteiger partial charge in [-0.05, 0) is 41.9 Å². The van der Waals surface area contributed by atoms with E-state index in [0.717, 1.165) is 34.3 Å². The van der Waals surface area contributed by atoms with Crippen molar-refractivity contribution in [2.24, 2.45) is 15.9 Å². The van der Waals surface area contributed by atoms with E-state index in [4.69, 9.17) is 5.10 Å². The molecule has 0 bridgehead atoms. The molecule has 1 aliphatic carbocycles. The van der Waals surface area contributed by atoms with Crippen LogP contribution in [0.2, 0.25) is 0 Å². The summed E-state index contributed by atoms with van der Waals surface area (Å²) >= 11 is 0. The number of carbonyl (C=O) groups is 2. The summed E-state index contributed by atoms with van der Waals surface area (Å²) in [6.07, 6.45) is 4.64. The van der Waals surface area contributed by atoms with Gasteiger partial charge in [0.25, 0.3) is 5.91 Å². The van der Waals surface area contributed by atoms with E-state index in [0.29, 0.717) is 17.8 Å². The minimum Gasteiger partial charge on any atom is -0.289 e. The fraction of sp³-hybridized carbons (Fsp3) is 0.444. The molecule has 0 radical (unpaired) electrons. The Balaban J connectivity index is 2.30. The smallest absolute Gasteiger partial charge is 0.276 e. The predicted molar refractivity (Wildman–Crippen MR) is 127 cm³/mol. The Morgan fingerprint density at radius 3 is 1.84 bits per heavy atom. The first kappa shape index (κ1) is 22.9. The second-order valence-corrected chi connectivity index (χ2v) is 10.5. The Bertz CT molecular complexity index is 1000. The van der Waals surface area contributed by atoms with Crippen molar-refractivity contribution in [1.82, 2.24) is 5.01 Å². The average molecular weight is 419 g/mol. The number of nitrogens with zero attached hydrogens (tertiary/aromatic N) is 2. The third-order valence-electron chi connectivity index (χ3n) is 5.66. The minimum absolute atomic E-state index is 0.0639. The zero-order valence-electron chi connectivity index (χ0n) is 20.1. The Morgan fingerprint density at radius 2 is 1.39 bits per heavy atom. The summed E-state index contributed by atoms with van der Waals surface area (Å²) < 4.78 is 0. The van der Waals surface area contributed by atoms with Crippen LogP contribution in [0.5, 0.6) is 0 Å². The van der Waals surface area contributed by atoms with E-state index in [9.17, 15) is 9.59 Å². The number of hydrogen-bond donors (Lipinski definition) is 0. The SMILES string of the molecule is CCCN1N=C(c2ccc(C)cc2)C(=C2C=C(C(C)(C)C)C(=O)C(C(C)(C)C)=C2)C1=O. The second kappa shape index (κ2) is 8.07. The lowest BCUT2D eigenvalue weighted by atomic mass is 9.71. The number of Topliss-reactive ketones (excluding diaryl/α,β-unsaturated/α-hetero) is 1. The molecule has 1 aromatic carbocycles. The molecule has 0 N–H and O–H groups in total. The van der Waals surface area contributed by atoms with Gasteiger partial charge in [-0.25, -0.2) is 5.01 Å². The van der Waals surface area contributed by atoms with Crippen LogP contribution in [0.1, 0.15) is 66.0 Å². The van der Waals surface area contributed by atoms with Crippen LogP contribution in [0.15, 0.2) is 63.8 Å². The van der Waals surface area contributed by atoms with Crippen LogP contribution >= 0.6 is 0 Å². The number of rotatable bonds is 3. The van der Waals surface area contributed by atoms with Crippen molar-refractivity contribution < 1.29 is 9.59 Å². The topological polar surface area (TPSA) is 49.7 Å². The molecule has 0 fully saturated rings. The number of carbonyl (C=O) groups excluding carboxylic acids is 2. The first-order valence-electron chi connectivity index (χ1n) is 11.1. The van der Waals surface area contributed by atoms with Gasteiger partial charge >= 0.3 is 0 Å². The van der Waals surface area contributed by atoms with Crippen molar-refractivity contribution in [2.45, 2.75) is 61.8 Å². The lowest BCUT2D eigenvalue weighted by Gasteiger charge is -2.31. The van der Waals surface area contributed by atoms with Crippen molar-refractivity contribution >= 4 is 17.4 Å². The number of benzene rings is 1. The lowest BCUT2D eigenvalue weighted by molar-refractivity contribution is -0.125. The van der Waals surface area contributed by atoms with Gasteiger partial charge in [0.2, 0.25) is 0 Å². The largest absolute Gasteiger partial charge is 0.289 e. The van der Waals surface area contributed by atoms with Crippen LogP contribution < -0.4 is 0 Å². The molecule has 3 rings (SSSR count). The van der Waals surface area contributed by atoms with Crippen LogP contribution in [0, 0.1) is 17.8 Å². The molecule has 0 saturated heterocycles. The summed E-state index contributed by atoms with van der Waals surface area (Å²) in [6, 6.07) is 8.08. The first-order valence-corrected chi connectivity index (χ1v) is 11.1. The van der Waals surface area contributed by atoms with Gasteiger partial charge in [-0.1, -0.05) is 78.3 Å². The molecule has 2 aliphatic rings. The molecule has 0 aromatic heterocycles. The van der Waals surface area contributed by atoms with E-state index in [-0.39, 0.29) is 22.5 Å². The summed E-state index contributed by atoms with van der Waals surface area (Å²) in [4.78, 5) is 26.8. The summed E-state index contributed by atoms with van der Waals surface area (Å²) in [6.45, 7) is 16.9. The van der Waals surface area contributed by atoms with E-state index in [1.54, 1.807) is 5.01 Å². The van der Waals surface area contributed by atoms with Crippen LogP contribution in [0.3, 0.4) is 0 Å². The summed E-state index contributed by atoms with van der Waals surface area (Å²) in [5, 5.41) is 6.27. The number of ketones is 1. The zero-order valence-corrected chi connectivity index (χ0v) is 20.1. The third kappa shape index (κ3) is 4.48. The minimum atomic E-state index is -0.334. The molecule has 0 atom stereocenters.